The summed E-state index contributed by atoms with van der Waals surface area (Å²) in [4.78, 5) is 11.8. The van der Waals surface area contributed by atoms with Gasteiger partial charge in [-0.15, -0.1) is 0 Å². The van der Waals surface area contributed by atoms with Gasteiger partial charge in [0.05, 0.1) is 0 Å². The lowest BCUT2D eigenvalue weighted by Gasteiger charge is -2.18. The molecule has 1 aromatic rings. The van der Waals surface area contributed by atoms with E-state index in [1.807, 2.05) is 0 Å². The fraction of sp³-hybridized carbons (Fsp3) is 0.462. The molecule has 0 bridgehead atoms. The van der Waals surface area contributed by atoms with Gasteiger partial charge in [-0.05, 0) is 36.6 Å². The van der Waals surface area contributed by atoms with Gasteiger partial charge in [0, 0.05) is 18.2 Å². The van der Waals surface area contributed by atoms with E-state index in [0.29, 0.717) is 18.0 Å². The van der Waals surface area contributed by atoms with E-state index in [0.717, 1.165) is 6.42 Å². The Hall–Kier alpha value is -1.42. The number of halogens is 1. The summed E-state index contributed by atoms with van der Waals surface area (Å²) >= 11 is 0. The molecule has 0 aliphatic carbocycles. The van der Waals surface area contributed by atoms with E-state index in [9.17, 15) is 9.18 Å². The Bertz CT molecular complexity index is 362. The minimum Gasteiger partial charge on any atom is -0.348 e. The predicted octanol–water partition coefficient (Wildman–Crippen LogP) is 1.93. The highest BCUT2D eigenvalue weighted by Gasteiger charge is 2.13. The average molecular weight is 238 g/mol. The third-order valence-corrected chi connectivity index (χ3v) is 2.48. The number of hydrogen-bond acceptors (Lipinski definition) is 2. The molecule has 0 aliphatic rings. The molecule has 1 aromatic carbocycles. The Balaban J connectivity index is 2.61. The number of hydrogen-bond donors (Lipinski definition) is 2. The molecule has 1 amide bonds. The lowest BCUT2D eigenvalue weighted by Crippen LogP contribution is -2.41. The van der Waals surface area contributed by atoms with Crippen molar-refractivity contribution in [3.63, 3.8) is 0 Å². The van der Waals surface area contributed by atoms with Crippen LogP contribution in [-0.4, -0.2) is 18.5 Å². The second-order valence-electron chi connectivity index (χ2n) is 4.54. The van der Waals surface area contributed by atoms with Crippen molar-refractivity contribution in [3.8, 4) is 0 Å². The Labute approximate surface area is 101 Å². The summed E-state index contributed by atoms with van der Waals surface area (Å²) in [5.74, 6) is -0.0859. The highest BCUT2D eigenvalue weighted by atomic mass is 19.1. The first kappa shape index (κ1) is 13.6. The van der Waals surface area contributed by atoms with Crippen molar-refractivity contribution in [2.24, 2.45) is 11.7 Å². The first-order valence-electron chi connectivity index (χ1n) is 5.79. The summed E-state index contributed by atoms with van der Waals surface area (Å²) in [5, 5.41) is 2.85. The number of amides is 1. The largest absolute Gasteiger partial charge is 0.348 e. The van der Waals surface area contributed by atoms with Crippen LogP contribution in [0.25, 0.3) is 0 Å². The monoisotopic (exact) mass is 238 g/mol. The molecule has 17 heavy (non-hydrogen) atoms. The Morgan fingerprint density at radius 3 is 2.41 bits per heavy atom. The molecule has 1 unspecified atom stereocenters. The molecule has 3 N–H and O–H groups in total. The van der Waals surface area contributed by atoms with Crippen molar-refractivity contribution >= 4 is 5.91 Å². The number of nitrogens with one attached hydrogen (secondary N) is 1. The van der Waals surface area contributed by atoms with Gasteiger partial charge in [-0.3, -0.25) is 4.79 Å². The maximum Gasteiger partial charge on any atom is 0.251 e. The maximum atomic E-state index is 12.7. The van der Waals surface area contributed by atoms with Gasteiger partial charge < -0.3 is 11.1 Å². The van der Waals surface area contributed by atoms with Crippen LogP contribution < -0.4 is 11.1 Å². The van der Waals surface area contributed by atoms with E-state index >= 15 is 0 Å². The molecule has 0 spiro atoms. The molecule has 1 rings (SSSR count). The van der Waals surface area contributed by atoms with Crippen molar-refractivity contribution in [3.05, 3.63) is 35.6 Å². The van der Waals surface area contributed by atoms with Crippen LogP contribution in [0.4, 0.5) is 4.39 Å². The maximum absolute atomic E-state index is 12.7. The second-order valence-corrected chi connectivity index (χ2v) is 4.54. The van der Waals surface area contributed by atoms with Crippen LogP contribution in [0, 0.1) is 11.7 Å². The topological polar surface area (TPSA) is 55.1 Å². The fourth-order valence-corrected chi connectivity index (χ4v) is 1.65. The van der Waals surface area contributed by atoms with Gasteiger partial charge in [-0.1, -0.05) is 13.8 Å². The fourth-order valence-electron chi connectivity index (χ4n) is 1.65. The molecular weight excluding hydrogens is 219 g/mol. The number of nitrogens with two attached hydrogens (primary N) is 1. The quantitative estimate of drug-likeness (QED) is 0.823. The molecule has 0 saturated carbocycles. The molecule has 0 heterocycles. The average Bonchev–Trinajstić information content (AvgIpc) is 2.28. The SMILES string of the molecule is CC(C)CC(CN)NC(=O)c1ccc(F)cc1. The molecule has 0 aliphatic heterocycles. The van der Waals surface area contributed by atoms with Gasteiger partial charge in [-0.25, -0.2) is 4.39 Å². The normalized spacial score (nSPS) is 12.5. The van der Waals surface area contributed by atoms with Crippen molar-refractivity contribution in [2.75, 3.05) is 6.54 Å². The van der Waals surface area contributed by atoms with Gasteiger partial charge in [0.1, 0.15) is 5.82 Å². The van der Waals surface area contributed by atoms with Gasteiger partial charge in [0.2, 0.25) is 0 Å². The zero-order valence-electron chi connectivity index (χ0n) is 10.2. The van der Waals surface area contributed by atoms with Crippen LogP contribution in [0.5, 0.6) is 0 Å². The number of carbonyl (C=O) groups is 1. The first-order valence-corrected chi connectivity index (χ1v) is 5.79. The van der Waals surface area contributed by atoms with Gasteiger partial charge in [0.25, 0.3) is 5.91 Å². The van der Waals surface area contributed by atoms with Crippen LogP contribution in [0.1, 0.15) is 30.6 Å². The summed E-state index contributed by atoms with van der Waals surface area (Å²) in [6, 6.07) is 5.44. The molecular formula is C13H19FN2O. The van der Waals surface area contributed by atoms with E-state index < -0.39 is 0 Å². The van der Waals surface area contributed by atoms with Gasteiger partial charge >= 0.3 is 0 Å². The lowest BCUT2D eigenvalue weighted by molar-refractivity contribution is 0.0933. The van der Waals surface area contributed by atoms with E-state index in [2.05, 4.69) is 19.2 Å². The predicted molar refractivity (Wildman–Crippen MR) is 66.2 cm³/mol. The first-order chi connectivity index (χ1) is 8.02. The van der Waals surface area contributed by atoms with Crippen molar-refractivity contribution in [2.45, 2.75) is 26.3 Å². The molecule has 0 fully saturated rings. The molecule has 1 atom stereocenters. The summed E-state index contributed by atoms with van der Waals surface area (Å²) < 4.78 is 12.7. The molecule has 0 saturated heterocycles. The third-order valence-electron chi connectivity index (χ3n) is 2.48. The second kappa shape index (κ2) is 6.35. The summed E-state index contributed by atoms with van der Waals surface area (Å²) in [5.41, 5.74) is 6.05. The summed E-state index contributed by atoms with van der Waals surface area (Å²) in [7, 11) is 0. The van der Waals surface area contributed by atoms with E-state index in [1.54, 1.807) is 0 Å². The highest BCUT2D eigenvalue weighted by Crippen LogP contribution is 2.06. The third kappa shape index (κ3) is 4.53. The van der Waals surface area contributed by atoms with Crippen LogP contribution in [0.15, 0.2) is 24.3 Å². The lowest BCUT2D eigenvalue weighted by atomic mass is 10.0. The van der Waals surface area contributed by atoms with Gasteiger partial charge in [-0.2, -0.15) is 0 Å². The summed E-state index contributed by atoms with van der Waals surface area (Å²) in [6.07, 6.45) is 0.837. The van der Waals surface area contributed by atoms with Crippen LogP contribution in [0.3, 0.4) is 0 Å². The summed E-state index contributed by atoms with van der Waals surface area (Å²) in [6.45, 7) is 4.56. The van der Waals surface area contributed by atoms with Gasteiger partial charge in [0.15, 0.2) is 0 Å². The number of benzene rings is 1. The van der Waals surface area contributed by atoms with Crippen molar-refractivity contribution in [1.82, 2.24) is 5.32 Å². The molecule has 0 radical (unpaired) electrons. The van der Waals surface area contributed by atoms with Crippen molar-refractivity contribution < 1.29 is 9.18 Å². The van der Waals surface area contributed by atoms with Crippen LogP contribution in [-0.2, 0) is 0 Å². The number of carbonyl (C=O) groups excluding carboxylic acids is 1. The van der Waals surface area contributed by atoms with E-state index in [4.69, 9.17) is 5.73 Å². The van der Waals surface area contributed by atoms with Crippen LogP contribution >= 0.6 is 0 Å². The smallest absolute Gasteiger partial charge is 0.251 e. The zero-order chi connectivity index (χ0) is 12.8. The van der Waals surface area contributed by atoms with E-state index in [1.165, 1.54) is 24.3 Å². The minimum absolute atomic E-state index is 0.0347. The standard InChI is InChI=1S/C13H19FN2O/c1-9(2)7-12(8-15)16-13(17)10-3-5-11(14)6-4-10/h3-6,9,12H,7-8,15H2,1-2H3,(H,16,17). The van der Waals surface area contributed by atoms with E-state index in [-0.39, 0.29) is 17.8 Å². The molecule has 94 valence electrons. The Kier molecular flexibility index (Phi) is 5.10. The Morgan fingerprint density at radius 1 is 1.35 bits per heavy atom. The minimum atomic E-state index is -0.348. The highest BCUT2D eigenvalue weighted by molar-refractivity contribution is 5.94. The molecule has 4 heteroatoms. The Morgan fingerprint density at radius 2 is 1.94 bits per heavy atom. The zero-order valence-corrected chi connectivity index (χ0v) is 10.2. The molecule has 0 aromatic heterocycles. The molecule has 3 nitrogen and oxygen atoms in total. The van der Waals surface area contributed by atoms with Crippen molar-refractivity contribution in [1.29, 1.82) is 0 Å². The van der Waals surface area contributed by atoms with Crippen LogP contribution in [0.2, 0.25) is 0 Å². The number of rotatable bonds is 5.